The van der Waals surface area contributed by atoms with Crippen molar-refractivity contribution in [1.82, 2.24) is 9.61 Å². The molecule has 0 unspecified atom stereocenters. The van der Waals surface area contributed by atoms with Gasteiger partial charge in [0.05, 0.1) is 12.6 Å². The molecule has 0 aliphatic rings. The Morgan fingerprint density at radius 2 is 2.31 bits per heavy atom. The second kappa shape index (κ2) is 3.20. The summed E-state index contributed by atoms with van der Waals surface area (Å²) < 4.78 is 7.42. The van der Waals surface area contributed by atoms with Gasteiger partial charge in [0.1, 0.15) is 4.60 Å². The molecule has 3 nitrogen and oxygen atoms in total. The zero-order valence-corrected chi connectivity index (χ0v) is 9.13. The average molecular weight is 262 g/mol. The monoisotopic (exact) mass is 260 g/mol. The van der Waals surface area contributed by atoms with Crippen LogP contribution in [0, 0.1) is 0 Å². The summed E-state index contributed by atoms with van der Waals surface area (Å²) in [6.07, 6.45) is 0. The highest BCUT2D eigenvalue weighted by atomic mass is 79.9. The van der Waals surface area contributed by atoms with E-state index in [0.29, 0.717) is 10.9 Å². The van der Waals surface area contributed by atoms with Crippen LogP contribution < -0.4 is 4.74 Å². The fourth-order valence-corrected chi connectivity index (χ4v) is 1.80. The fourth-order valence-electron chi connectivity index (χ4n) is 1.13. The second-order valence-corrected chi connectivity index (χ2v) is 3.67. The van der Waals surface area contributed by atoms with Crippen LogP contribution in [0.4, 0.5) is 0 Å². The molecule has 0 saturated carbocycles. The van der Waals surface area contributed by atoms with Crippen LogP contribution in [0.5, 0.6) is 5.75 Å². The molecule has 0 spiro atoms. The molecule has 2 rings (SSSR count). The zero-order valence-electron chi connectivity index (χ0n) is 6.79. The van der Waals surface area contributed by atoms with Gasteiger partial charge in [0, 0.05) is 0 Å². The van der Waals surface area contributed by atoms with Crippen LogP contribution >= 0.6 is 27.5 Å². The maximum Gasteiger partial charge on any atom is 0.173 e. The minimum atomic E-state index is 0.478. The lowest BCUT2D eigenvalue weighted by molar-refractivity contribution is 0.412. The molecule has 0 aliphatic carbocycles. The van der Waals surface area contributed by atoms with Crippen molar-refractivity contribution >= 4 is 33.0 Å². The molecule has 5 heteroatoms. The van der Waals surface area contributed by atoms with E-state index in [2.05, 4.69) is 21.0 Å². The Morgan fingerprint density at radius 3 is 3.00 bits per heavy atom. The van der Waals surface area contributed by atoms with Gasteiger partial charge < -0.3 is 4.74 Å². The summed E-state index contributed by atoms with van der Waals surface area (Å²) in [7, 11) is 1.57. The minimum absolute atomic E-state index is 0.478. The quantitative estimate of drug-likeness (QED) is 0.738. The van der Waals surface area contributed by atoms with Gasteiger partial charge in [-0.1, -0.05) is 11.6 Å². The van der Waals surface area contributed by atoms with E-state index in [1.807, 2.05) is 18.2 Å². The normalized spacial score (nSPS) is 10.7. The van der Waals surface area contributed by atoms with Crippen LogP contribution in [0.2, 0.25) is 5.15 Å². The minimum Gasteiger partial charge on any atom is -0.494 e. The Balaban J connectivity index is 2.78. The highest BCUT2D eigenvalue weighted by Gasteiger charge is 2.07. The molecule has 2 aromatic rings. The van der Waals surface area contributed by atoms with E-state index >= 15 is 0 Å². The van der Waals surface area contributed by atoms with E-state index in [0.717, 1.165) is 10.1 Å². The van der Waals surface area contributed by atoms with Crippen molar-refractivity contribution in [3.8, 4) is 5.75 Å². The number of nitrogens with zero attached hydrogens (tertiary/aromatic N) is 2. The summed E-state index contributed by atoms with van der Waals surface area (Å²) in [4.78, 5) is 0. The Hall–Kier alpha value is -0.740. The first-order chi connectivity index (χ1) is 6.22. The molecule has 0 fully saturated rings. The van der Waals surface area contributed by atoms with Crippen molar-refractivity contribution in [2.45, 2.75) is 0 Å². The Kier molecular flexibility index (Phi) is 2.17. The first-order valence-corrected chi connectivity index (χ1v) is 4.77. The summed E-state index contributed by atoms with van der Waals surface area (Å²) in [5.74, 6) is 0.616. The predicted octanol–water partition coefficient (Wildman–Crippen LogP) is 2.76. The summed E-state index contributed by atoms with van der Waals surface area (Å²) in [5.41, 5.74) is 0.928. The molecular weight excluding hydrogens is 255 g/mol. The number of halogens is 2. The second-order valence-electron chi connectivity index (χ2n) is 2.50. The van der Waals surface area contributed by atoms with Gasteiger partial charge in [-0.05, 0) is 34.1 Å². The van der Waals surface area contributed by atoms with Gasteiger partial charge in [-0.25, -0.2) is 4.52 Å². The summed E-state index contributed by atoms with van der Waals surface area (Å²) in [6, 6.07) is 5.58. The van der Waals surface area contributed by atoms with Crippen LogP contribution in [0.25, 0.3) is 5.52 Å². The van der Waals surface area contributed by atoms with Crippen molar-refractivity contribution in [3.63, 3.8) is 0 Å². The van der Waals surface area contributed by atoms with Crippen molar-refractivity contribution in [3.05, 3.63) is 28.0 Å². The number of hydrogen-bond donors (Lipinski definition) is 0. The van der Waals surface area contributed by atoms with Gasteiger partial charge in [-0.15, -0.1) is 0 Å². The summed E-state index contributed by atoms with van der Waals surface area (Å²) in [5, 5.41) is 4.62. The van der Waals surface area contributed by atoms with Gasteiger partial charge in [-0.2, -0.15) is 5.10 Å². The lowest BCUT2D eigenvalue weighted by atomic mass is 10.4. The molecule has 68 valence electrons. The van der Waals surface area contributed by atoms with E-state index in [-0.39, 0.29) is 0 Å². The number of pyridine rings is 1. The first kappa shape index (κ1) is 8.84. The molecule has 0 amide bonds. The molecule has 13 heavy (non-hydrogen) atoms. The number of rotatable bonds is 1. The molecule has 0 atom stereocenters. The standard InChI is InChI=1S/C8H6BrClN2O/c1-13-6-3-2-5-4-7(9)11-12(5)8(6)10/h2-4H,1H3. The van der Waals surface area contributed by atoms with Crippen molar-refractivity contribution in [1.29, 1.82) is 0 Å². The van der Waals surface area contributed by atoms with Crippen molar-refractivity contribution in [2.24, 2.45) is 0 Å². The van der Waals surface area contributed by atoms with E-state index in [1.165, 1.54) is 0 Å². The van der Waals surface area contributed by atoms with E-state index < -0.39 is 0 Å². The largest absolute Gasteiger partial charge is 0.494 e. The molecule has 0 radical (unpaired) electrons. The van der Waals surface area contributed by atoms with Crippen LogP contribution in [0.15, 0.2) is 22.8 Å². The van der Waals surface area contributed by atoms with E-state index in [4.69, 9.17) is 16.3 Å². The van der Waals surface area contributed by atoms with Gasteiger partial charge in [-0.3, -0.25) is 0 Å². The molecule has 0 N–H and O–H groups in total. The Labute approximate surface area is 88.4 Å². The number of aromatic nitrogens is 2. The van der Waals surface area contributed by atoms with Gasteiger partial charge >= 0.3 is 0 Å². The maximum absolute atomic E-state index is 6.01. The lowest BCUT2D eigenvalue weighted by Gasteiger charge is -2.03. The number of ether oxygens (including phenoxy) is 1. The SMILES string of the molecule is COc1ccc2cc(Br)nn2c1Cl. The Morgan fingerprint density at radius 1 is 1.54 bits per heavy atom. The zero-order chi connectivity index (χ0) is 9.42. The number of hydrogen-bond acceptors (Lipinski definition) is 2. The topological polar surface area (TPSA) is 26.5 Å². The smallest absolute Gasteiger partial charge is 0.173 e. The Bertz CT molecular complexity index is 455. The predicted molar refractivity (Wildman–Crippen MR) is 54.5 cm³/mol. The van der Waals surface area contributed by atoms with Gasteiger partial charge in [0.25, 0.3) is 0 Å². The van der Waals surface area contributed by atoms with Crippen molar-refractivity contribution < 1.29 is 4.74 Å². The van der Waals surface area contributed by atoms with Crippen LogP contribution in [-0.2, 0) is 0 Å². The third kappa shape index (κ3) is 1.40. The van der Waals surface area contributed by atoms with Crippen LogP contribution in [-0.4, -0.2) is 16.7 Å². The van der Waals surface area contributed by atoms with Gasteiger partial charge in [0.15, 0.2) is 10.9 Å². The van der Waals surface area contributed by atoms with Crippen LogP contribution in [0.3, 0.4) is 0 Å². The average Bonchev–Trinajstić information content (AvgIpc) is 2.47. The highest BCUT2D eigenvalue weighted by molar-refractivity contribution is 9.10. The maximum atomic E-state index is 6.01. The molecule has 2 aromatic heterocycles. The highest BCUT2D eigenvalue weighted by Crippen LogP contribution is 2.26. The summed E-state index contributed by atoms with van der Waals surface area (Å²) >= 11 is 9.28. The molecular formula is C8H6BrClN2O. The van der Waals surface area contributed by atoms with E-state index in [1.54, 1.807) is 11.6 Å². The molecule has 0 aliphatic heterocycles. The third-order valence-corrected chi connectivity index (χ3v) is 2.46. The first-order valence-electron chi connectivity index (χ1n) is 3.60. The molecule has 2 heterocycles. The summed E-state index contributed by atoms with van der Waals surface area (Å²) in [6.45, 7) is 0. The van der Waals surface area contributed by atoms with Gasteiger partial charge in [0.2, 0.25) is 0 Å². The van der Waals surface area contributed by atoms with Crippen LogP contribution in [0.1, 0.15) is 0 Å². The molecule has 0 aromatic carbocycles. The third-order valence-electron chi connectivity index (χ3n) is 1.72. The van der Waals surface area contributed by atoms with Crippen molar-refractivity contribution in [2.75, 3.05) is 7.11 Å². The fraction of sp³-hybridized carbons (Fsp3) is 0.125. The molecule has 0 bridgehead atoms. The number of methoxy groups -OCH3 is 1. The number of fused-ring (bicyclic) bond motifs is 1. The molecule has 0 saturated heterocycles. The lowest BCUT2D eigenvalue weighted by Crippen LogP contribution is -1.93. The van der Waals surface area contributed by atoms with E-state index in [9.17, 15) is 0 Å².